The molecule has 1 aliphatic rings. The SMILES string of the molecule is N=C(N)N(Cc1ncccc1Cl)C(=S)NCC1CC1. The van der Waals surface area contributed by atoms with E-state index in [9.17, 15) is 0 Å². The number of guanidine groups is 1. The average molecular weight is 298 g/mol. The molecule has 1 heterocycles. The number of thiocarbonyl (C=S) groups is 1. The van der Waals surface area contributed by atoms with Crippen LogP contribution in [-0.2, 0) is 6.54 Å². The van der Waals surface area contributed by atoms with Gasteiger partial charge in [-0.2, -0.15) is 0 Å². The van der Waals surface area contributed by atoms with Crippen LogP contribution in [0.3, 0.4) is 0 Å². The van der Waals surface area contributed by atoms with Gasteiger partial charge in [-0.15, -0.1) is 0 Å². The van der Waals surface area contributed by atoms with Crippen LogP contribution in [0.15, 0.2) is 18.3 Å². The molecule has 0 aromatic carbocycles. The number of hydrogen-bond donors (Lipinski definition) is 3. The molecule has 1 fully saturated rings. The van der Waals surface area contributed by atoms with Crippen molar-refractivity contribution in [3.8, 4) is 0 Å². The lowest BCUT2D eigenvalue weighted by Crippen LogP contribution is -2.46. The van der Waals surface area contributed by atoms with E-state index in [1.165, 1.54) is 17.7 Å². The molecule has 1 saturated carbocycles. The zero-order valence-corrected chi connectivity index (χ0v) is 12.0. The number of halogens is 1. The second kappa shape index (κ2) is 6.16. The number of rotatable bonds is 4. The van der Waals surface area contributed by atoms with E-state index in [2.05, 4.69) is 10.3 Å². The summed E-state index contributed by atoms with van der Waals surface area (Å²) in [6.45, 7) is 1.13. The van der Waals surface area contributed by atoms with E-state index in [1.807, 2.05) is 0 Å². The molecule has 102 valence electrons. The maximum Gasteiger partial charge on any atom is 0.195 e. The van der Waals surface area contributed by atoms with E-state index in [0.29, 0.717) is 28.3 Å². The van der Waals surface area contributed by atoms with Crippen LogP contribution in [0.25, 0.3) is 0 Å². The van der Waals surface area contributed by atoms with Crippen LogP contribution in [0.1, 0.15) is 18.5 Å². The van der Waals surface area contributed by atoms with Gasteiger partial charge < -0.3 is 11.1 Å². The fourth-order valence-corrected chi connectivity index (χ4v) is 2.03. The molecule has 4 N–H and O–H groups in total. The van der Waals surface area contributed by atoms with E-state index >= 15 is 0 Å². The number of hydrogen-bond acceptors (Lipinski definition) is 3. The molecule has 0 spiro atoms. The number of nitrogens with one attached hydrogen (secondary N) is 2. The molecule has 2 rings (SSSR count). The molecule has 7 heteroatoms. The van der Waals surface area contributed by atoms with Gasteiger partial charge in [0.05, 0.1) is 17.3 Å². The Bertz CT molecular complexity index is 489. The van der Waals surface area contributed by atoms with E-state index in [0.717, 1.165) is 6.54 Å². The van der Waals surface area contributed by atoms with Crippen LogP contribution in [0.2, 0.25) is 5.02 Å². The zero-order valence-electron chi connectivity index (χ0n) is 10.4. The van der Waals surface area contributed by atoms with E-state index in [-0.39, 0.29) is 5.96 Å². The molecule has 0 unspecified atom stereocenters. The standard InChI is InChI=1S/C12H16ClN5S/c13-9-2-1-5-16-10(9)7-18(11(14)15)12(19)17-6-8-3-4-8/h1-2,5,8H,3-4,6-7H2,(H3,14,15)(H,17,19). The van der Waals surface area contributed by atoms with Gasteiger partial charge in [-0.25, -0.2) is 0 Å². The third-order valence-electron chi connectivity index (χ3n) is 2.92. The summed E-state index contributed by atoms with van der Waals surface area (Å²) in [6.07, 6.45) is 4.13. The molecule has 0 radical (unpaired) electrons. The number of pyridine rings is 1. The first kappa shape index (κ1) is 14.0. The Hall–Kier alpha value is -1.40. The summed E-state index contributed by atoms with van der Waals surface area (Å²) in [4.78, 5) is 5.67. The van der Waals surface area contributed by atoms with Gasteiger partial charge in [0.2, 0.25) is 0 Å². The summed E-state index contributed by atoms with van der Waals surface area (Å²) in [5.41, 5.74) is 6.22. The van der Waals surface area contributed by atoms with Crippen LogP contribution in [0.4, 0.5) is 0 Å². The smallest absolute Gasteiger partial charge is 0.195 e. The molecule has 0 saturated heterocycles. The topological polar surface area (TPSA) is 78.0 Å². The van der Waals surface area contributed by atoms with Crippen molar-refractivity contribution in [3.05, 3.63) is 29.0 Å². The Morgan fingerprint density at radius 3 is 2.95 bits per heavy atom. The van der Waals surface area contributed by atoms with Crippen molar-refractivity contribution in [1.29, 1.82) is 5.41 Å². The molecule has 1 aromatic heterocycles. The molecule has 0 amide bonds. The van der Waals surface area contributed by atoms with E-state index in [1.54, 1.807) is 18.3 Å². The normalized spacial score (nSPS) is 13.9. The molecule has 5 nitrogen and oxygen atoms in total. The van der Waals surface area contributed by atoms with Gasteiger partial charge in [-0.1, -0.05) is 11.6 Å². The van der Waals surface area contributed by atoms with Gasteiger partial charge in [0.1, 0.15) is 0 Å². The van der Waals surface area contributed by atoms with Gasteiger partial charge in [0, 0.05) is 12.7 Å². The minimum Gasteiger partial charge on any atom is -0.370 e. The summed E-state index contributed by atoms with van der Waals surface area (Å²) in [7, 11) is 0. The Labute approximate surface area is 122 Å². The summed E-state index contributed by atoms with van der Waals surface area (Å²) >= 11 is 11.3. The van der Waals surface area contributed by atoms with Gasteiger partial charge in [0.25, 0.3) is 0 Å². The van der Waals surface area contributed by atoms with Crippen molar-refractivity contribution in [2.45, 2.75) is 19.4 Å². The highest BCUT2D eigenvalue weighted by molar-refractivity contribution is 7.80. The van der Waals surface area contributed by atoms with Gasteiger partial charge in [-0.05, 0) is 43.1 Å². The summed E-state index contributed by atoms with van der Waals surface area (Å²) < 4.78 is 0. The Balaban J connectivity index is 2.00. The first-order chi connectivity index (χ1) is 9.08. The lowest BCUT2D eigenvalue weighted by atomic mass is 10.3. The lowest BCUT2D eigenvalue weighted by Gasteiger charge is -2.23. The highest BCUT2D eigenvalue weighted by atomic mass is 35.5. The molecule has 0 aliphatic heterocycles. The highest BCUT2D eigenvalue weighted by Gasteiger charge is 2.23. The predicted molar refractivity (Wildman–Crippen MR) is 80.0 cm³/mol. The minimum atomic E-state index is -0.116. The van der Waals surface area contributed by atoms with Crippen molar-refractivity contribution < 1.29 is 0 Å². The molecule has 0 bridgehead atoms. The third kappa shape index (κ3) is 4.04. The van der Waals surface area contributed by atoms with Crippen molar-refractivity contribution in [1.82, 2.24) is 15.2 Å². The monoisotopic (exact) mass is 297 g/mol. The quantitative estimate of drug-likeness (QED) is 0.448. The average Bonchev–Trinajstić information content (AvgIpc) is 3.18. The number of aromatic nitrogens is 1. The van der Waals surface area contributed by atoms with Gasteiger partial charge >= 0.3 is 0 Å². The second-order valence-corrected chi connectivity index (χ2v) is 5.33. The molecular weight excluding hydrogens is 282 g/mol. The van der Waals surface area contributed by atoms with Crippen LogP contribution >= 0.6 is 23.8 Å². The predicted octanol–water partition coefficient (Wildman–Crippen LogP) is 1.71. The van der Waals surface area contributed by atoms with Crippen molar-refractivity contribution in [3.63, 3.8) is 0 Å². The Kier molecular flexibility index (Phi) is 4.55. The van der Waals surface area contributed by atoms with Crippen molar-refractivity contribution in [2.24, 2.45) is 11.7 Å². The maximum absolute atomic E-state index is 7.61. The van der Waals surface area contributed by atoms with Crippen molar-refractivity contribution in [2.75, 3.05) is 6.54 Å². The lowest BCUT2D eigenvalue weighted by molar-refractivity contribution is 0.561. The summed E-state index contributed by atoms with van der Waals surface area (Å²) in [5, 5.41) is 11.7. The summed E-state index contributed by atoms with van der Waals surface area (Å²) in [6, 6.07) is 3.51. The first-order valence-corrected chi connectivity index (χ1v) is 6.85. The highest BCUT2D eigenvalue weighted by Crippen LogP contribution is 2.27. The van der Waals surface area contributed by atoms with Crippen LogP contribution < -0.4 is 11.1 Å². The largest absolute Gasteiger partial charge is 0.370 e. The van der Waals surface area contributed by atoms with E-state index in [4.69, 9.17) is 35.0 Å². The maximum atomic E-state index is 7.61. The van der Waals surface area contributed by atoms with Gasteiger partial charge in [-0.3, -0.25) is 15.3 Å². The Morgan fingerprint density at radius 2 is 2.37 bits per heavy atom. The van der Waals surface area contributed by atoms with E-state index < -0.39 is 0 Å². The first-order valence-electron chi connectivity index (χ1n) is 6.06. The molecule has 1 aliphatic carbocycles. The summed E-state index contributed by atoms with van der Waals surface area (Å²) in [5.74, 6) is 0.584. The zero-order chi connectivity index (χ0) is 13.8. The van der Waals surface area contributed by atoms with Crippen LogP contribution in [-0.4, -0.2) is 27.5 Å². The number of nitrogens with two attached hydrogens (primary N) is 1. The molecule has 0 atom stereocenters. The fraction of sp³-hybridized carbons (Fsp3) is 0.417. The Morgan fingerprint density at radius 1 is 1.63 bits per heavy atom. The molecule has 19 heavy (non-hydrogen) atoms. The fourth-order valence-electron chi connectivity index (χ4n) is 1.60. The minimum absolute atomic E-state index is 0.116. The third-order valence-corrected chi connectivity index (χ3v) is 3.63. The van der Waals surface area contributed by atoms with Crippen LogP contribution in [0.5, 0.6) is 0 Å². The number of nitrogens with zero attached hydrogens (tertiary/aromatic N) is 2. The van der Waals surface area contributed by atoms with Crippen LogP contribution in [0, 0.1) is 11.3 Å². The molecule has 1 aromatic rings. The molecular formula is C12H16ClN5S. The van der Waals surface area contributed by atoms with Gasteiger partial charge in [0.15, 0.2) is 11.1 Å². The van der Waals surface area contributed by atoms with Crippen molar-refractivity contribution >= 4 is 34.9 Å². The second-order valence-electron chi connectivity index (χ2n) is 4.53.